The fourth-order valence-corrected chi connectivity index (χ4v) is 1.94. The van der Waals surface area contributed by atoms with E-state index in [0.717, 1.165) is 19.4 Å². The van der Waals surface area contributed by atoms with Crippen LogP contribution in [0.25, 0.3) is 0 Å². The van der Waals surface area contributed by atoms with Gasteiger partial charge in [0.15, 0.2) is 0 Å². The van der Waals surface area contributed by atoms with Gasteiger partial charge in [-0.1, -0.05) is 20.3 Å². The summed E-state index contributed by atoms with van der Waals surface area (Å²) in [5.74, 6) is -1.71. The molecule has 0 aliphatic rings. The van der Waals surface area contributed by atoms with E-state index in [2.05, 4.69) is 4.98 Å². The molecule has 5 heteroatoms. The molecular weight excluding hydrogens is 220 g/mol. The number of aliphatic hydroxyl groups is 1. The van der Waals surface area contributed by atoms with Crippen molar-refractivity contribution in [2.45, 2.75) is 45.8 Å². The number of rotatable bonds is 7. The van der Waals surface area contributed by atoms with Crippen molar-refractivity contribution in [3.05, 3.63) is 18.2 Å². The number of imidazole rings is 1. The molecule has 2 atom stereocenters. The molecule has 17 heavy (non-hydrogen) atoms. The van der Waals surface area contributed by atoms with Crippen molar-refractivity contribution < 1.29 is 15.0 Å². The van der Waals surface area contributed by atoms with Gasteiger partial charge in [0.2, 0.25) is 0 Å². The maximum atomic E-state index is 11.1. The summed E-state index contributed by atoms with van der Waals surface area (Å²) in [5.41, 5.74) is 0.590. The third-order valence-electron chi connectivity index (χ3n) is 2.81. The van der Waals surface area contributed by atoms with Gasteiger partial charge in [0.1, 0.15) is 6.10 Å². The molecule has 0 saturated heterocycles. The summed E-state index contributed by atoms with van der Waals surface area (Å²) in [5, 5.41) is 19.2. The zero-order chi connectivity index (χ0) is 12.8. The van der Waals surface area contributed by atoms with Gasteiger partial charge in [0.25, 0.3) is 0 Å². The highest BCUT2D eigenvalue weighted by molar-refractivity contribution is 5.70. The minimum atomic E-state index is -0.985. The molecule has 0 saturated carbocycles. The zero-order valence-corrected chi connectivity index (χ0v) is 10.3. The Kier molecular flexibility index (Phi) is 5.15. The Hall–Kier alpha value is -1.36. The molecular formula is C12H20N2O3. The highest BCUT2D eigenvalue weighted by Crippen LogP contribution is 2.26. The van der Waals surface area contributed by atoms with Gasteiger partial charge in [-0.15, -0.1) is 0 Å². The number of aryl methyl sites for hydroxylation is 1. The lowest BCUT2D eigenvalue weighted by atomic mass is 9.95. The van der Waals surface area contributed by atoms with Gasteiger partial charge in [0.05, 0.1) is 24.1 Å². The van der Waals surface area contributed by atoms with E-state index < -0.39 is 18.0 Å². The highest BCUT2D eigenvalue weighted by atomic mass is 16.4. The average molecular weight is 240 g/mol. The van der Waals surface area contributed by atoms with Crippen LogP contribution in [0.15, 0.2) is 12.5 Å². The molecule has 0 aliphatic heterocycles. The number of hydrogen-bond acceptors (Lipinski definition) is 3. The van der Waals surface area contributed by atoms with E-state index in [0.29, 0.717) is 12.1 Å². The first-order valence-corrected chi connectivity index (χ1v) is 6.02. The molecule has 1 aromatic heterocycles. The molecule has 0 bridgehead atoms. The molecule has 2 unspecified atom stereocenters. The SMILES string of the molecule is CCCC(C(=O)O)C(O)c1cncn1CCC. The summed E-state index contributed by atoms with van der Waals surface area (Å²) in [4.78, 5) is 15.1. The molecule has 1 rings (SSSR count). The van der Waals surface area contributed by atoms with Gasteiger partial charge < -0.3 is 14.8 Å². The smallest absolute Gasteiger partial charge is 0.309 e. The molecule has 2 N–H and O–H groups in total. The second-order valence-corrected chi connectivity index (χ2v) is 4.19. The fourth-order valence-electron chi connectivity index (χ4n) is 1.94. The predicted octanol–water partition coefficient (Wildman–Crippen LogP) is 1.83. The Labute approximate surface area is 101 Å². The monoisotopic (exact) mass is 240 g/mol. The van der Waals surface area contributed by atoms with Gasteiger partial charge in [0, 0.05) is 6.54 Å². The van der Waals surface area contributed by atoms with Crippen LogP contribution < -0.4 is 0 Å². The van der Waals surface area contributed by atoms with E-state index in [1.54, 1.807) is 12.5 Å². The first-order valence-electron chi connectivity index (χ1n) is 6.02. The van der Waals surface area contributed by atoms with Gasteiger partial charge in [-0.2, -0.15) is 0 Å². The minimum absolute atomic E-state index is 0.466. The van der Waals surface area contributed by atoms with Crippen molar-refractivity contribution >= 4 is 5.97 Å². The number of aromatic nitrogens is 2. The third-order valence-corrected chi connectivity index (χ3v) is 2.81. The first-order chi connectivity index (χ1) is 8.11. The maximum absolute atomic E-state index is 11.1. The normalized spacial score (nSPS) is 14.5. The molecule has 1 aromatic rings. The fraction of sp³-hybridized carbons (Fsp3) is 0.667. The molecule has 0 spiro atoms. The van der Waals surface area contributed by atoms with E-state index in [9.17, 15) is 9.90 Å². The standard InChI is InChI=1S/C12H20N2O3/c1-3-5-9(12(16)17)11(15)10-7-13-8-14(10)6-4-2/h7-9,11,15H,3-6H2,1-2H3,(H,16,17). The van der Waals surface area contributed by atoms with Crippen LogP contribution in [0.5, 0.6) is 0 Å². The molecule has 96 valence electrons. The zero-order valence-electron chi connectivity index (χ0n) is 10.3. The second kappa shape index (κ2) is 6.39. The van der Waals surface area contributed by atoms with Crippen LogP contribution in [0.1, 0.15) is 44.9 Å². The van der Waals surface area contributed by atoms with Crippen LogP contribution in [0.2, 0.25) is 0 Å². The van der Waals surface area contributed by atoms with Crippen LogP contribution >= 0.6 is 0 Å². The van der Waals surface area contributed by atoms with E-state index in [-0.39, 0.29) is 0 Å². The summed E-state index contributed by atoms with van der Waals surface area (Å²) in [6.45, 7) is 4.67. The molecule has 0 aliphatic carbocycles. The maximum Gasteiger partial charge on any atom is 0.309 e. The summed E-state index contributed by atoms with van der Waals surface area (Å²) < 4.78 is 1.82. The van der Waals surface area contributed by atoms with Crippen molar-refractivity contribution in [1.82, 2.24) is 9.55 Å². The number of aliphatic hydroxyl groups excluding tert-OH is 1. The summed E-state index contributed by atoms with van der Waals surface area (Å²) >= 11 is 0. The summed E-state index contributed by atoms with van der Waals surface area (Å²) in [6.07, 6.45) is 4.31. The van der Waals surface area contributed by atoms with Crippen LogP contribution in [-0.2, 0) is 11.3 Å². The lowest BCUT2D eigenvalue weighted by molar-refractivity contribution is -0.146. The molecule has 0 radical (unpaired) electrons. The van der Waals surface area contributed by atoms with Crippen LogP contribution in [-0.4, -0.2) is 25.7 Å². The second-order valence-electron chi connectivity index (χ2n) is 4.19. The molecule has 1 heterocycles. The molecule has 0 aromatic carbocycles. The number of carboxylic acids is 1. The number of hydrogen-bond donors (Lipinski definition) is 2. The van der Waals surface area contributed by atoms with Gasteiger partial charge >= 0.3 is 5.97 Å². The highest BCUT2D eigenvalue weighted by Gasteiger charge is 2.28. The Morgan fingerprint density at radius 3 is 2.71 bits per heavy atom. The Bertz CT molecular complexity index is 362. The number of nitrogens with zero attached hydrogens (tertiary/aromatic N) is 2. The van der Waals surface area contributed by atoms with E-state index in [4.69, 9.17) is 5.11 Å². The first kappa shape index (κ1) is 13.7. The van der Waals surface area contributed by atoms with E-state index in [1.807, 2.05) is 18.4 Å². The van der Waals surface area contributed by atoms with Crippen molar-refractivity contribution in [2.24, 2.45) is 5.92 Å². The average Bonchev–Trinajstić information content (AvgIpc) is 2.73. The summed E-state index contributed by atoms with van der Waals surface area (Å²) in [6, 6.07) is 0. The van der Waals surface area contributed by atoms with Crippen molar-refractivity contribution in [2.75, 3.05) is 0 Å². The van der Waals surface area contributed by atoms with Gasteiger partial charge in [-0.3, -0.25) is 4.79 Å². The number of aliphatic carboxylic acids is 1. The lowest BCUT2D eigenvalue weighted by Gasteiger charge is -2.19. The van der Waals surface area contributed by atoms with Crippen molar-refractivity contribution in [3.8, 4) is 0 Å². The van der Waals surface area contributed by atoms with Crippen molar-refractivity contribution in [3.63, 3.8) is 0 Å². The van der Waals surface area contributed by atoms with Crippen LogP contribution in [0, 0.1) is 5.92 Å². The minimum Gasteiger partial charge on any atom is -0.481 e. The van der Waals surface area contributed by atoms with E-state index in [1.165, 1.54) is 0 Å². The predicted molar refractivity (Wildman–Crippen MR) is 63.5 cm³/mol. The van der Waals surface area contributed by atoms with Gasteiger partial charge in [-0.05, 0) is 12.8 Å². The Balaban J connectivity index is 2.88. The van der Waals surface area contributed by atoms with Crippen LogP contribution in [0.4, 0.5) is 0 Å². The summed E-state index contributed by atoms with van der Waals surface area (Å²) in [7, 11) is 0. The lowest BCUT2D eigenvalue weighted by Crippen LogP contribution is -2.23. The molecule has 0 fully saturated rings. The quantitative estimate of drug-likeness (QED) is 0.762. The van der Waals surface area contributed by atoms with E-state index >= 15 is 0 Å². The Morgan fingerprint density at radius 1 is 1.47 bits per heavy atom. The third kappa shape index (κ3) is 3.30. The van der Waals surface area contributed by atoms with Crippen molar-refractivity contribution in [1.29, 1.82) is 0 Å². The number of carboxylic acid groups (broad SMARTS) is 1. The Morgan fingerprint density at radius 2 is 2.18 bits per heavy atom. The largest absolute Gasteiger partial charge is 0.481 e. The number of carbonyl (C=O) groups is 1. The van der Waals surface area contributed by atoms with Crippen LogP contribution in [0.3, 0.4) is 0 Å². The molecule has 5 nitrogen and oxygen atoms in total. The topological polar surface area (TPSA) is 75.3 Å². The van der Waals surface area contributed by atoms with Gasteiger partial charge in [-0.25, -0.2) is 4.98 Å². The molecule has 0 amide bonds.